The van der Waals surface area contributed by atoms with Gasteiger partial charge in [0.15, 0.2) is 0 Å². The lowest BCUT2D eigenvalue weighted by Gasteiger charge is -2.22. The average molecular weight is 307 g/mol. The van der Waals surface area contributed by atoms with Crippen LogP contribution in [0, 0.1) is 11.3 Å². The molecule has 0 fully saturated rings. The molecule has 0 aliphatic rings. The van der Waals surface area contributed by atoms with Crippen molar-refractivity contribution in [3.63, 3.8) is 0 Å². The van der Waals surface area contributed by atoms with Gasteiger partial charge >= 0.3 is 0 Å². The highest BCUT2D eigenvalue weighted by molar-refractivity contribution is 5.81. The third-order valence-corrected chi connectivity index (χ3v) is 3.66. The predicted octanol–water partition coefficient (Wildman–Crippen LogP) is 2.35. The van der Waals surface area contributed by atoms with Crippen molar-refractivity contribution < 1.29 is 4.79 Å². The van der Waals surface area contributed by atoms with Crippen LogP contribution in [-0.4, -0.2) is 30.9 Å². The SMILES string of the molecule is CN(C)C(=O)C(Cc1ccccc1)NCc1ccc(C#N)cc1. The third kappa shape index (κ3) is 4.94. The summed E-state index contributed by atoms with van der Waals surface area (Å²) in [6.07, 6.45) is 0.647. The largest absolute Gasteiger partial charge is 0.347 e. The normalized spacial score (nSPS) is 11.5. The Bertz CT molecular complexity index is 672. The third-order valence-electron chi connectivity index (χ3n) is 3.66. The van der Waals surface area contributed by atoms with Gasteiger partial charge < -0.3 is 10.2 Å². The lowest BCUT2D eigenvalue weighted by atomic mass is 10.0. The van der Waals surface area contributed by atoms with Crippen LogP contribution in [0.5, 0.6) is 0 Å². The molecule has 2 aromatic rings. The number of likely N-dealkylation sites (N-methyl/N-ethyl adjacent to an activating group) is 1. The van der Waals surface area contributed by atoms with Crippen molar-refractivity contribution in [1.82, 2.24) is 10.2 Å². The standard InChI is InChI=1S/C19H21N3O/c1-22(2)19(23)18(12-15-6-4-3-5-7-15)21-14-17-10-8-16(13-20)9-11-17/h3-11,18,21H,12,14H2,1-2H3. The maximum atomic E-state index is 12.4. The second-order valence-electron chi connectivity index (χ2n) is 5.66. The van der Waals surface area contributed by atoms with Crippen LogP contribution in [-0.2, 0) is 17.8 Å². The summed E-state index contributed by atoms with van der Waals surface area (Å²) in [5, 5.41) is 12.2. The van der Waals surface area contributed by atoms with Crippen molar-refractivity contribution in [2.24, 2.45) is 0 Å². The summed E-state index contributed by atoms with van der Waals surface area (Å²) in [6, 6.07) is 19.2. The molecule has 0 radical (unpaired) electrons. The van der Waals surface area contributed by atoms with E-state index in [1.54, 1.807) is 31.1 Å². The zero-order valence-corrected chi connectivity index (χ0v) is 13.5. The minimum Gasteiger partial charge on any atom is -0.347 e. The minimum absolute atomic E-state index is 0.0579. The maximum absolute atomic E-state index is 12.4. The second-order valence-corrected chi connectivity index (χ2v) is 5.66. The first-order valence-corrected chi connectivity index (χ1v) is 7.57. The van der Waals surface area contributed by atoms with Gasteiger partial charge in [-0.15, -0.1) is 0 Å². The van der Waals surface area contributed by atoms with E-state index in [1.165, 1.54) is 0 Å². The van der Waals surface area contributed by atoms with Gasteiger partial charge in [0, 0.05) is 20.6 Å². The quantitative estimate of drug-likeness (QED) is 0.891. The number of hydrogen-bond donors (Lipinski definition) is 1. The molecule has 4 heteroatoms. The number of amides is 1. The number of nitrogens with one attached hydrogen (secondary N) is 1. The zero-order chi connectivity index (χ0) is 16.7. The van der Waals surface area contributed by atoms with Crippen molar-refractivity contribution in [1.29, 1.82) is 5.26 Å². The molecule has 2 rings (SSSR count). The summed E-state index contributed by atoms with van der Waals surface area (Å²) in [7, 11) is 3.54. The summed E-state index contributed by atoms with van der Waals surface area (Å²) in [5.41, 5.74) is 2.81. The van der Waals surface area contributed by atoms with Gasteiger partial charge in [0.1, 0.15) is 0 Å². The van der Waals surface area contributed by atoms with Gasteiger partial charge in [0.05, 0.1) is 17.7 Å². The Kier molecular flexibility index (Phi) is 5.90. The fourth-order valence-electron chi connectivity index (χ4n) is 2.35. The minimum atomic E-state index is -0.275. The molecule has 23 heavy (non-hydrogen) atoms. The highest BCUT2D eigenvalue weighted by atomic mass is 16.2. The molecular weight excluding hydrogens is 286 g/mol. The first-order chi connectivity index (χ1) is 11.1. The molecule has 1 amide bonds. The Morgan fingerprint density at radius 1 is 1.09 bits per heavy atom. The molecular formula is C19H21N3O. The number of carbonyl (C=O) groups is 1. The molecule has 1 N–H and O–H groups in total. The molecule has 0 aliphatic carbocycles. The molecule has 0 spiro atoms. The van der Waals surface area contributed by atoms with E-state index < -0.39 is 0 Å². The number of carbonyl (C=O) groups excluding carboxylic acids is 1. The van der Waals surface area contributed by atoms with Gasteiger partial charge in [-0.1, -0.05) is 42.5 Å². The fourth-order valence-corrected chi connectivity index (χ4v) is 2.35. The van der Waals surface area contributed by atoms with Crippen molar-refractivity contribution in [2.75, 3.05) is 14.1 Å². The van der Waals surface area contributed by atoms with Gasteiger partial charge in [-0.3, -0.25) is 4.79 Å². The second kappa shape index (κ2) is 8.11. The summed E-state index contributed by atoms with van der Waals surface area (Å²) in [5.74, 6) is 0.0579. The Balaban J connectivity index is 2.05. The van der Waals surface area contributed by atoms with Crippen LogP contribution >= 0.6 is 0 Å². The van der Waals surface area contributed by atoms with Crippen molar-refractivity contribution >= 4 is 5.91 Å². The van der Waals surface area contributed by atoms with E-state index in [0.717, 1.165) is 11.1 Å². The summed E-state index contributed by atoms with van der Waals surface area (Å²) in [4.78, 5) is 14.0. The van der Waals surface area contributed by atoms with Crippen LogP contribution in [0.3, 0.4) is 0 Å². The monoisotopic (exact) mass is 307 g/mol. The number of nitriles is 1. The van der Waals surface area contributed by atoms with E-state index in [1.807, 2.05) is 42.5 Å². The lowest BCUT2D eigenvalue weighted by Crippen LogP contribution is -2.44. The van der Waals surface area contributed by atoms with E-state index in [9.17, 15) is 4.79 Å². The Morgan fingerprint density at radius 3 is 2.30 bits per heavy atom. The Morgan fingerprint density at radius 2 is 1.74 bits per heavy atom. The fraction of sp³-hybridized carbons (Fsp3) is 0.263. The van der Waals surface area contributed by atoms with Crippen molar-refractivity contribution in [2.45, 2.75) is 19.0 Å². The number of rotatable bonds is 6. The predicted molar refractivity (Wildman–Crippen MR) is 90.6 cm³/mol. The van der Waals surface area contributed by atoms with Gasteiger partial charge in [-0.05, 0) is 29.7 Å². The molecule has 0 saturated heterocycles. The topological polar surface area (TPSA) is 56.1 Å². The maximum Gasteiger partial charge on any atom is 0.239 e. The summed E-state index contributed by atoms with van der Waals surface area (Å²) < 4.78 is 0. The van der Waals surface area contributed by atoms with Gasteiger partial charge in [-0.2, -0.15) is 5.26 Å². The van der Waals surface area contributed by atoms with Crippen LogP contribution < -0.4 is 5.32 Å². The summed E-state index contributed by atoms with van der Waals surface area (Å²) >= 11 is 0. The molecule has 1 atom stereocenters. The van der Waals surface area contributed by atoms with E-state index in [0.29, 0.717) is 18.5 Å². The number of hydrogen-bond acceptors (Lipinski definition) is 3. The Labute approximate surface area is 137 Å². The van der Waals surface area contributed by atoms with Crippen molar-refractivity contribution in [3.05, 3.63) is 71.3 Å². The van der Waals surface area contributed by atoms with Crippen LogP contribution in [0.2, 0.25) is 0 Å². The smallest absolute Gasteiger partial charge is 0.239 e. The molecule has 0 heterocycles. The van der Waals surface area contributed by atoms with Gasteiger partial charge in [-0.25, -0.2) is 0 Å². The molecule has 2 aromatic carbocycles. The van der Waals surface area contributed by atoms with E-state index in [-0.39, 0.29) is 11.9 Å². The van der Waals surface area contributed by atoms with Crippen LogP contribution in [0.4, 0.5) is 0 Å². The summed E-state index contributed by atoms with van der Waals surface area (Å²) in [6.45, 7) is 0.586. The molecule has 1 unspecified atom stereocenters. The molecule has 118 valence electrons. The first kappa shape index (κ1) is 16.7. The van der Waals surface area contributed by atoms with Crippen LogP contribution in [0.15, 0.2) is 54.6 Å². The lowest BCUT2D eigenvalue weighted by molar-refractivity contribution is -0.130. The highest BCUT2D eigenvalue weighted by Gasteiger charge is 2.20. The first-order valence-electron chi connectivity index (χ1n) is 7.57. The van der Waals surface area contributed by atoms with E-state index in [4.69, 9.17) is 5.26 Å². The molecule has 0 aliphatic heterocycles. The van der Waals surface area contributed by atoms with Crippen molar-refractivity contribution in [3.8, 4) is 6.07 Å². The molecule has 4 nitrogen and oxygen atoms in total. The molecule has 0 bridgehead atoms. The van der Waals surface area contributed by atoms with Gasteiger partial charge in [0.25, 0.3) is 0 Å². The number of nitrogens with zero attached hydrogens (tertiary/aromatic N) is 2. The van der Waals surface area contributed by atoms with Gasteiger partial charge in [0.2, 0.25) is 5.91 Å². The number of benzene rings is 2. The van der Waals surface area contributed by atoms with Crippen LogP contribution in [0.1, 0.15) is 16.7 Å². The molecule has 0 aromatic heterocycles. The Hall–Kier alpha value is -2.64. The van der Waals surface area contributed by atoms with E-state index >= 15 is 0 Å². The van der Waals surface area contributed by atoms with Crippen LogP contribution in [0.25, 0.3) is 0 Å². The zero-order valence-electron chi connectivity index (χ0n) is 13.5. The average Bonchev–Trinajstić information content (AvgIpc) is 2.59. The van der Waals surface area contributed by atoms with E-state index in [2.05, 4.69) is 11.4 Å². The molecule has 0 saturated carbocycles. The highest BCUT2D eigenvalue weighted by Crippen LogP contribution is 2.08.